The molecule has 0 aromatic heterocycles. The average molecular weight is 1270 g/mol. The number of ether oxygens (including phenoxy) is 4. The van der Waals surface area contributed by atoms with Crippen LogP contribution in [-0.4, -0.2) is 158 Å². The van der Waals surface area contributed by atoms with Crippen LogP contribution in [0.1, 0.15) is 108 Å². The number of aliphatic hydroxyl groups is 4. The Bertz CT molecular complexity index is 3020. The summed E-state index contributed by atoms with van der Waals surface area (Å²) in [6.45, 7) is 10.5. The van der Waals surface area contributed by atoms with Crippen molar-refractivity contribution in [3.63, 3.8) is 0 Å². The van der Waals surface area contributed by atoms with E-state index in [1.165, 1.54) is 23.3 Å². The van der Waals surface area contributed by atoms with Crippen molar-refractivity contribution < 1.29 is 99.5 Å². The van der Waals surface area contributed by atoms with Gasteiger partial charge in [0.2, 0.25) is 12.8 Å². The second kappa shape index (κ2) is 34.5. The van der Waals surface area contributed by atoms with Crippen LogP contribution in [0.25, 0.3) is 0 Å². The standard InChI is InChI=1S/C25H34O6.2C19H24N2O4.C4H4O4.2H2O/c1-4-5-21-30-20-11-17-16-7-6-14-10-15(27)8-9-23(14,2)22(16)18(28)12-24(17,3)25(20,31-21)19(29)13-26;2*1-13(9-14-3-6-16(25-2)7-4-14)20-11-19(24)15-5-8-18(23)17(10-15)21-12-22;5-3(6)1-2-4(7)8;;/h8-10,16-18,20-22,26,28H,4-7,11-13H2,1-3H3;2*3-8,10,12-13,19-20,23-24H,9,11H2,1-2H3,(H,21,22);1-2H,(H,5,6)(H,7,8);2*1H2/b;;;2-1+;;/t16-,17-,18-,20+,21?,22+,23-,24-,25+;2*13-,19+;;;/m011.../s1. The average Bonchev–Trinajstić information content (AvgIpc) is 1.55. The molecule has 1 aliphatic heterocycles. The molecule has 91 heavy (non-hydrogen) atoms. The van der Waals surface area contributed by atoms with E-state index in [4.69, 9.17) is 29.2 Å². The Hall–Kier alpha value is -7.88. The predicted octanol–water partition coefficient (Wildman–Crippen LogP) is 5.23. The Morgan fingerprint density at radius 1 is 0.758 bits per heavy atom. The maximum Gasteiger partial charge on any atom is 0.328 e. The van der Waals surface area contributed by atoms with E-state index in [2.05, 4.69) is 42.0 Å². The monoisotopic (exact) mass is 1270 g/mol. The van der Waals surface area contributed by atoms with Crippen LogP contribution >= 0.6 is 0 Å². The van der Waals surface area contributed by atoms with E-state index in [-0.39, 0.29) is 80.6 Å². The van der Waals surface area contributed by atoms with Gasteiger partial charge in [-0.15, -0.1) is 0 Å². The van der Waals surface area contributed by atoms with E-state index in [9.17, 15) is 59.4 Å². The first kappa shape index (κ1) is 75.6. The first-order chi connectivity index (χ1) is 42.4. The number of benzene rings is 4. The molecule has 4 fully saturated rings. The SMILES string of the molecule is CCCC1O[C@@H]2C[C@H]3[C@@H]4CCC5=CC(=O)C=C[C@]5(C)[C@H]4[C@@H](O)C[C@]3(C)[C@]2(C(=O)CO)O1.COc1ccc(C[C@@H](C)NC[C@H](O)c2ccc(O)c(NC=O)c2)cc1.COc1ccc(C[C@@H](C)NC[C@H](O)c2ccc(O)c(NC=O)c2)cc1.O.O.O=C(O)/C=C/C(=O)O. The summed E-state index contributed by atoms with van der Waals surface area (Å²) in [5.74, 6) is -0.911. The van der Waals surface area contributed by atoms with E-state index in [1.807, 2.05) is 68.5 Å². The first-order valence-corrected chi connectivity index (χ1v) is 29.8. The molecule has 5 aliphatic rings. The number of aromatic hydroxyl groups is 2. The number of methoxy groups -OCH3 is 2. The van der Waals surface area contributed by atoms with Crippen molar-refractivity contribution in [2.75, 3.05) is 44.5 Å². The number of hydrogen-bond donors (Lipinski definition) is 12. The van der Waals surface area contributed by atoms with Crippen LogP contribution in [0.3, 0.4) is 0 Å². The van der Waals surface area contributed by atoms with Gasteiger partial charge in [-0.3, -0.25) is 19.2 Å². The zero-order valence-corrected chi connectivity index (χ0v) is 52.3. The number of amides is 2. The smallest absolute Gasteiger partial charge is 0.328 e. The highest BCUT2D eigenvalue weighted by Crippen LogP contribution is 2.69. The topological polar surface area (TPSA) is 412 Å². The number of ketones is 2. The van der Waals surface area contributed by atoms with E-state index in [1.54, 1.807) is 50.6 Å². The molecule has 24 heteroatoms. The highest BCUT2D eigenvalue weighted by Gasteiger charge is 2.75. The quantitative estimate of drug-likeness (QED) is 0.0243. The van der Waals surface area contributed by atoms with Gasteiger partial charge < -0.3 is 92.0 Å². The van der Waals surface area contributed by atoms with Crippen molar-refractivity contribution in [2.45, 2.75) is 134 Å². The number of phenols is 2. The van der Waals surface area contributed by atoms with Gasteiger partial charge in [-0.1, -0.05) is 75.2 Å². The number of fused-ring (bicyclic) bond motifs is 7. The third-order valence-electron chi connectivity index (χ3n) is 17.7. The summed E-state index contributed by atoms with van der Waals surface area (Å²) in [6.07, 6.45) is 10.6. The third kappa shape index (κ3) is 18.7. The fourth-order valence-corrected chi connectivity index (χ4v) is 13.4. The van der Waals surface area contributed by atoms with Crippen molar-refractivity contribution >= 4 is 47.7 Å². The summed E-state index contributed by atoms with van der Waals surface area (Å²) >= 11 is 0. The largest absolute Gasteiger partial charge is 0.506 e. The van der Waals surface area contributed by atoms with Crippen LogP contribution in [-0.2, 0) is 51.1 Å². The maximum atomic E-state index is 13.2. The summed E-state index contributed by atoms with van der Waals surface area (Å²) < 4.78 is 23.0. The molecule has 16 N–H and O–H groups in total. The van der Waals surface area contributed by atoms with Gasteiger partial charge in [0.05, 0.1) is 50.0 Å². The van der Waals surface area contributed by atoms with Gasteiger partial charge >= 0.3 is 11.9 Å². The highest BCUT2D eigenvalue weighted by atomic mass is 16.7. The molecule has 4 aromatic rings. The molecule has 9 rings (SSSR count). The number of carboxylic acids is 2. The van der Waals surface area contributed by atoms with Gasteiger partial charge in [0.15, 0.2) is 23.5 Å². The van der Waals surface area contributed by atoms with Crippen LogP contribution in [0, 0.1) is 28.6 Å². The lowest BCUT2D eigenvalue weighted by atomic mass is 9.46. The summed E-state index contributed by atoms with van der Waals surface area (Å²) in [4.78, 5) is 65.4. The molecule has 1 unspecified atom stereocenters. The Morgan fingerprint density at radius 3 is 1.67 bits per heavy atom. The molecule has 0 bridgehead atoms. The van der Waals surface area contributed by atoms with E-state index >= 15 is 0 Å². The third-order valence-corrected chi connectivity index (χ3v) is 17.7. The zero-order chi connectivity index (χ0) is 65.2. The van der Waals surface area contributed by atoms with Crippen LogP contribution < -0.4 is 30.7 Å². The van der Waals surface area contributed by atoms with Gasteiger partial charge in [-0.05, 0) is 154 Å². The molecule has 13 atom stereocenters. The molecule has 1 saturated heterocycles. The lowest BCUT2D eigenvalue weighted by molar-refractivity contribution is -0.200. The number of carbonyl (C=O) groups is 6. The number of carboxylic acid groups (broad SMARTS) is 2. The van der Waals surface area contributed by atoms with Crippen molar-refractivity contribution in [1.82, 2.24) is 10.6 Å². The van der Waals surface area contributed by atoms with Gasteiger partial charge in [-0.2, -0.15) is 0 Å². The van der Waals surface area contributed by atoms with E-state index in [0.29, 0.717) is 68.5 Å². The minimum Gasteiger partial charge on any atom is -0.506 e. The van der Waals surface area contributed by atoms with Crippen molar-refractivity contribution in [1.29, 1.82) is 0 Å². The molecule has 24 nitrogen and oxygen atoms in total. The number of rotatable bonds is 24. The van der Waals surface area contributed by atoms with Crippen LogP contribution in [0.4, 0.5) is 11.4 Å². The number of nitrogens with one attached hydrogen (secondary N) is 4. The second-order valence-electron chi connectivity index (χ2n) is 23.6. The minimum atomic E-state index is -1.26. The number of aliphatic carboxylic acids is 2. The Balaban J connectivity index is 0.000000274. The molecular weight excluding hydrogens is 1180 g/mol. The lowest BCUT2D eigenvalue weighted by Crippen LogP contribution is -2.63. The van der Waals surface area contributed by atoms with Gasteiger partial charge in [0.25, 0.3) is 0 Å². The molecule has 4 aromatic carbocycles. The number of anilines is 2. The molecule has 4 aliphatic carbocycles. The number of carbonyl (C=O) groups excluding carboxylic acids is 4. The highest BCUT2D eigenvalue weighted by molar-refractivity contribution is 6.01. The van der Waals surface area contributed by atoms with Crippen molar-refractivity contribution in [2.24, 2.45) is 28.6 Å². The number of aliphatic hydroxyl groups excluding tert-OH is 4. The normalized spacial score (nSPS) is 25.2. The fraction of sp³-hybridized carbons (Fsp3) is 0.463. The number of phenolic OH excluding ortho intramolecular Hbond substituents is 2. The Morgan fingerprint density at radius 2 is 1.24 bits per heavy atom. The van der Waals surface area contributed by atoms with Crippen LogP contribution in [0.5, 0.6) is 23.0 Å². The summed E-state index contributed by atoms with van der Waals surface area (Å²) in [5.41, 5.74) is 3.09. The number of allylic oxidation sites excluding steroid dienone is 4. The first-order valence-electron chi connectivity index (χ1n) is 29.8. The van der Waals surface area contributed by atoms with E-state index in [0.717, 1.165) is 49.2 Å². The molecular formula is C67H90N4O20. The molecule has 0 radical (unpaired) electrons. The minimum absolute atomic E-state index is 0. The molecule has 2 amide bonds. The number of hydrogen-bond acceptors (Lipinski definition) is 18. The fourth-order valence-electron chi connectivity index (χ4n) is 13.4. The van der Waals surface area contributed by atoms with Gasteiger partial charge in [0, 0.05) is 54.1 Å². The summed E-state index contributed by atoms with van der Waals surface area (Å²) in [7, 11) is 3.28. The number of Topliss-reactive ketones (excluding diaryl/α,β-unsaturated/α-hetero) is 1. The Labute approximate surface area is 529 Å². The summed E-state index contributed by atoms with van der Waals surface area (Å²) in [6, 6.07) is 25.4. The van der Waals surface area contributed by atoms with Crippen molar-refractivity contribution in [3.8, 4) is 23.0 Å². The second-order valence-corrected chi connectivity index (χ2v) is 23.6. The van der Waals surface area contributed by atoms with Gasteiger partial charge in [0.1, 0.15) is 29.6 Å². The maximum absolute atomic E-state index is 13.2. The predicted molar refractivity (Wildman–Crippen MR) is 338 cm³/mol. The van der Waals surface area contributed by atoms with Crippen molar-refractivity contribution in [3.05, 3.63) is 143 Å². The van der Waals surface area contributed by atoms with Crippen LogP contribution in [0.15, 0.2) is 121 Å². The van der Waals surface area contributed by atoms with Crippen LogP contribution in [0.2, 0.25) is 0 Å². The zero-order valence-electron chi connectivity index (χ0n) is 52.3. The molecule has 498 valence electrons. The Kier molecular flexibility index (Phi) is 28.7. The molecule has 1 heterocycles. The van der Waals surface area contributed by atoms with E-state index < -0.39 is 60.3 Å². The summed E-state index contributed by atoms with van der Waals surface area (Å²) in [5, 5.41) is 88.3. The lowest BCUT2D eigenvalue weighted by Gasteiger charge is -2.59. The van der Waals surface area contributed by atoms with Gasteiger partial charge in [-0.25, -0.2) is 9.59 Å². The molecule has 0 spiro atoms. The molecule has 3 saturated carbocycles.